The van der Waals surface area contributed by atoms with Gasteiger partial charge in [0.15, 0.2) is 0 Å². The fraction of sp³-hybridized carbons (Fsp3) is 0.611. The molecule has 130 valence electrons. The molecule has 2 aliphatic rings. The third kappa shape index (κ3) is 3.02. The minimum Gasteiger partial charge on any atom is -0.353 e. The Morgan fingerprint density at radius 1 is 1.33 bits per heavy atom. The summed E-state index contributed by atoms with van der Waals surface area (Å²) in [4.78, 5) is 33.5. The summed E-state index contributed by atoms with van der Waals surface area (Å²) in [7, 11) is 2.01. The monoisotopic (exact) mass is 330 g/mol. The van der Waals surface area contributed by atoms with Gasteiger partial charge in [0.2, 0.25) is 5.91 Å². The molecule has 3 rings (SSSR count). The lowest BCUT2D eigenvalue weighted by Crippen LogP contribution is -2.67. The van der Waals surface area contributed by atoms with Crippen LogP contribution in [0.2, 0.25) is 0 Å². The van der Waals surface area contributed by atoms with E-state index in [-0.39, 0.29) is 11.8 Å². The van der Waals surface area contributed by atoms with Gasteiger partial charge in [0.05, 0.1) is 0 Å². The van der Waals surface area contributed by atoms with Gasteiger partial charge in [0.1, 0.15) is 5.54 Å². The van der Waals surface area contributed by atoms with Crippen LogP contribution in [-0.4, -0.2) is 65.4 Å². The Hall–Kier alpha value is -1.95. The maximum atomic E-state index is 12.8. The number of nitrogens with one attached hydrogen (secondary N) is 1. The Labute approximate surface area is 143 Å². The zero-order valence-corrected chi connectivity index (χ0v) is 14.5. The largest absolute Gasteiger partial charge is 0.353 e. The Balaban J connectivity index is 1.69. The first-order chi connectivity index (χ1) is 11.6. The van der Waals surface area contributed by atoms with Crippen molar-refractivity contribution < 1.29 is 9.59 Å². The van der Waals surface area contributed by atoms with Crippen LogP contribution >= 0.6 is 0 Å². The van der Waals surface area contributed by atoms with Crippen LogP contribution in [0.1, 0.15) is 42.2 Å². The standard InChI is InChI=1S/C18H26N4O2/c1-3-4-15-13-14(5-8-19-15)16(23)22-10-6-18(7-11-22)17(24)20-9-12-21(18)2/h5,8,13H,3-4,6-7,9-12H2,1-2H3,(H,20,24). The lowest BCUT2D eigenvalue weighted by atomic mass is 9.83. The highest BCUT2D eigenvalue weighted by Crippen LogP contribution is 2.30. The van der Waals surface area contributed by atoms with Crippen molar-refractivity contribution in [2.24, 2.45) is 0 Å². The summed E-state index contributed by atoms with van der Waals surface area (Å²) < 4.78 is 0. The van der Waals surface area contributed by atoms with Crippen LogP contribution < -0.4 is 5.32 Å². The number of piperazine rings is 1. The van der Waals surface area contributed by atoms with E-state index in [2.05, 4.69) is 22.1 Å². The predicted octanol–water partition coefficient (Wildman–Crippen LogP) is 1.07. The second-order valence-corrected chi connectivity index (χ2v) is 6.79. The molecule has 1 aromatic rings. The highest BCUT2D eigenvalue weighted by atomic mass is 16.2. The number of likely N-dealkylation sites (N-methyl/N-ethyl adjacent to an activating group) is 1. The number of likely N-dealkylation sites (tertiary alicyclic amines) is 1. The Bertz CT molecular complexity index is 623. The van der Waals surface area contributed by atoms with Gasteiger partial charge in [0.25, 0.3) is 5.91 Å². The van der Waals surface area contributed by atoms with Crippen LogP contribution in [-0.2, 0) is 11.2 Å². The van der Waals surface area contributed by atoms with Crippen LogP contribution in [0.5, 0.6) is 0 Å². The third-order valence-electron chi connectivity index (χ3n) is 5.33. The molecule has 24 heavy (non-hydrogen) atoms. The van der Waals surface area contributed by atoms with Crippen LogP contribution in [0.3, 0.4) is 0 Å². The second-order valence-electron chi connectivity index (χ2n) is 6.79. The van der Waals surface area contributed by atoms with Crippen molar-refractivity contribution >= 4 is 11.8 Å². The number of piperidine rings is 1. The molecule has 2 amide bonds. The SMILES string of the molecule is CCCc1cc(C(=O)N2CCC3(CC2)C(=O)NCCN3C)ccn1. The van der Waals surface area contributed by atoms with Gasteiger partial charge in [-0.25, -0.2) is 0 Å². The van der Waals surface area contributed by atoms with E-state index in [9.17, 15) is 9.59 Å². The molecule has 0 atom stereocenters. The van der Waals surface area contributed by atoms with Gasteiger partial charge in [0, 0.05) is 43.6 Å². The predicted molar refractivity (Wildman–Crippen MR) is 91.7 cm³/mol. The number of hydrogen-bond donors (Lipinski definition) is 1. The van der Waals surface area contributed by atoms with Crippen molar-refractivity contribution in [2.45, 2.75) is 38.1 Å². The van der Waals surface area contributed by atoms with Crippen LogP contribution in [0.15, 0.2) is 18.3 Å². The molecule has 2 saturated heterocycles. The maximum absolute atomic E-state index is 12.8. The van der Waals surface area contributed by atoms with Crippen molar-refractivity contribution in [3.8, 4) is 0 Å². The molecule has 1 aromatic heterocycles. The number of rotatable bonds is 3. The average Bonchev–Trinajstić information content (AvgIpc) is 2.60. The first-order valence-corrected chi connectivity index (χ1v) is 8.80. The molecular formula is C18H26N4O2. The average molecular weight is 330 g/mol. The van der Waals surface area contributed by atoms with Crippen LogP contribution in [0.25, 0.3) is 0 Å². The van der Waals surface area contributed by atoms with Gasteiger partial charge < -0.3 is 10.2 Å². The van der Waals surface area contributed by atoms with Crippen molar-refractivity contribution in [3.63, 3.8) is 0 Å². The van der Waals surface area contributed by atoms with Gasteiger partial charge in [-0.2, -0.15) is 0 Å². The molecule has 0 aliphatic carbocycles. The van der Waals surface area contributed by atoms with Gasteiger partial charge in [-0.1, -0.05) is 13.3 Å². The minimum atomic E-state index is -0.444. The molecule has 6 heteroatoms. The lowest BCUT2D eigenvalue weighted by Gasteiger charge is -2.48. The topological polar surface area (TPSA) is 65.5 Å². The van der Waals surface area contributed by atoms with Crippen molar-refractivity contribution in [1.29, 1.82) is 0 Å². The van der Waals surface area contributed by atoms with E-state index < -0.39 is 5.54 Å². The first-order valence-electron chi connectivity index (χ1n) is 8.80. The molecule has 1 N–H and O–H groups in total. The maximum Gasteiger partial charge on any atom is 0.253 e. The number of carbonyl (C=O) groups is 2. The molecular weight excluding hydrogens is 304 g/mol. The van der Waals surface area contributed by atoms with E-state index in [0.29, 0.717) is 38.0 Å². The summed E-state index contributed by atoms with van der Waals surface area (Å²) in [6, 6.07) is 3.68. The molecule has 0 saturated carbocycles. The van der Waals surface area contributed by atoms with E-state index in [1.807, 2.05) is 18.0 Å². The number of amides is 2. The first kappa shape index (κ1) is 16.9. The molecule has 1 spiro atoms. The number of aryl methyl sites for hydroxylation is 1. The zero-order chi connectivity index (χ0) is 17.2. The van der Waals surface area contributed by atoms with E-state index in [4.69, 9.17) is 0 Å². The molecule has 2 fully saturated rings. The van der Waals surface area contributed by atoms with Crippen LogP contribution in [0, 0.1) is 0 Å². The second kappa shape index (κ2) is 6.89. The van der Waals surface area contributed by atoms with E-state index in [1.54, 1.807) is 12.3 Å². The Morgan fingerprint density at radius 2 is 2.08 bits per heavy atom. The number of pyridine rings is 1. The summed E-state index contributed by atoms with van der Waals surface area (Å²) in [5.74, 6) is 0.154. The van der Waals surface area contributed by atoms with Gasteiger partial charge in [-0.3, -0.25) is 19.5 Å². The highest BCUT2D eigenvalue weighted by Gasteiger charge is 2.47. The minimum absolute atomic E-state index is 0.0449. The summed E-state index contributed by atoms with van der Waals surface area (Å²) in [5, 5.41) is 2.98. The summed E-state index contributed by atoms with van der Waals surface area (Å²) in [6.07, 6.45) is 4.99. The van der Waals surface area contributed by atoms with Crippen LogP contribution in [0.4, 0.5) is 0 Å². The zero-order valence-electron chi connectivity index (χ0n) is 14.5. The summed E-state index contributed by atoms with van der Waals surface area (Å²) in [6.45, 7) is 4.90. The normalized spacial score (nSPS) is 20.9. The molecule has 6 nitrogen and oxygen atoms in total. The smallest absolute Gasteiger partial charge is 0.253 e. The van der Waals surface area contributed by atoms with E-state index >= 15 is 0 Å². The molecule has 0 aromatic carbocycles. The van der Waals surface area contributed by atoms with Crippen molar-refractivity contribution in [3.05, 3.63) is 29.6 Å². The number of carbonyl (C=O) groups excluding carboxylic acids is 2. The summed E-state index contributed by atoms with van der Waals surface area (Å²) >= 11 is 0. The number of aromatic nitrogens is 1. The van der Waals surface area contributed by atoms with E-state index in [0.717, 1.165) is 25.1 Å². The number of hydrogen-bond acceptors (Lipinski definition) is 4. The lowest BCUT2D eigenvalue weighted by molar-refractivity contribution is -0.139. The fourth-order valence-corrected chi connectivity index (χ4v) is 3.76. The number of nitrogens with zero attached hydrogens (tertiary/aromatic N) is 3. The van der Waals surface area contributed by atoms with Gasteiger partial charge in [-0.15, -0.1) is 0 Å². The quantitative estimate of drug-likeness (QED) is 0.900. The van der Waals surface area contributed by atoms with Crippen molar-refractivity contribution in [1.82, 2.24) is 20.1 Å². The van der Waals surface area contributed by atoms with Gasteiger partial charge in [-0.05, 0) is 38.4 Å². The third-order valence-corrected chi connectivity index (χ3v) is 5.33. The van der Waals surface area contributed by atoms with E-state index in [1.165, 1.54) is 0 Å². The Kier molecular flexibility index (Phi) is 4.85. The summed E-state index contributed by atoms with van der Waals surface area (Å²) in [5.41, 5.74) is 1.22. The fourth-order valence-electron chi connectivity index (χ4n) is 3.76. The molecule has 2 aliphatic heterocycles. The van der Waals surface area contributed by atoms with Gasteiger partial charge >= 0.3 is 0 Å². The molecule has 0 unspecified atom stereocenters. The molecule has 0 radical (unpaired) electrons. The molecule has 0 bridgehead atoms. The van der Waals surface area contributed by atoms with Crippen molar-refractivity contribution in [2.75, 3.05) is 33.2 Å². The highest BCUT2D eigenvalue weighted by molar-refractivity contribution is 5.95. The Morgan fingerprint density at radius 3 is 2.75 bits per heavy atom. The molecule has 3 heterocycles.